The van der Waals surface area contributed by atoms with E-state index >= 15 is 0 Å². The van der Waals surface area contributed by atoms with Crippen LogP contribution in [-0.2, 0) is 0 Å². The van der Waals surface area contributed by atoms with Gasteiger partial charge in [0.25, 0.3) is 5.56 Å². The first-order chi connectivity index (χ1) is 11.7. The Hall–Kier alpha value is -2.91. The van der Waals surface area contributed by atoms with E-state index < -0.39 is 0 Å². The van der Waals surface area contributed by atoms with E-state index in [0.717, 1.165) is 5.56 Å². The molecule has 0 aliphatic heterocycles. The SMILES string of the molecule is Cc1ccnc(-n2c(SC/C=C/C#N)nc3ccccc3c2=O)c1. The second kappa shape index (κ2) is 7.11. The largest absolute Gasteiger partial charge is 0.268 e. The van der Waals surface area contributed by atoms with Gasteiger partial charge in [-0.2, -0.15) is 5.26 Å². The molecule has 0 spiro atoms. The van der Waals surface area contributed by atoms with Gasteiger partial charge in [-0.15, -0.1) is 0 Å². The molecule has 118 valence electrons. The summed E-state index contributed by atoms with van der Waals surface area (Å²) < 4.78 is 1.53. The van der Waals surface area contributed by atoms with Crippen LogP contribution in [0.4, 0.5) is 0 Å². The van der Waals surface area contributed by atoms with Gasteiger partial charge in [-0.1, -0.05) is 30.0 Å². The number of rotatable bonds is 4. The van der Waals surface area contributed by atoms with Crippen molar-refractivity contribution in [2.45, 2.75) is 12.1 Å². The highest BCUT2D eigenvalue weighted by Crippen LogP contribution is 2.20. The van der Waals surface area contributed by atoms with Crippen molar-refractivity contribution in [2.75, 3.05) is 5.75 Å². The van der Waals surface area contributed by atoms with Crippen LogP contribution in [0.15, 0.2) is 64.7 Å². The molecular weight excluding hydrogens is 320 g/mol. The Bertz CT molecular complexity index is 1020. The van der Waals surface area contributed by atoms with Crippen LogP contribution in [0.2, 0.25) is 0 Å². The molecule has 2 aromatic heterocycles. The van der Waals surface area contributed by atoms with Gasteiger partial charge in [0.15, 0.2) is 5.16 Å². The average molecular weight is 334 g/mol. The number of allylic oxidation sites excluding steroid dienone is 1. The molecule has 6 heteroatoms. The Morgan fingerprint density at radius 1 is 1.33 bits per heavy atom. The fourth-order valence-electron chi connectivity index (χ4n) is 2.28. The van der Waals surface area contributed by atoms with E-state index in [-0.39, 0.29) is 5.56 Å². The lowest BCUT2D eigenvalue weighted by molar-refractivity contribution is 0.795. The topological polar surface area (TPSA) is 71.6 Å². The molecule has 0 saturated carbocycles. The second-order valence-corrected chi connectivity index (χ2v) is 6.07. The molecule has 24 heavy (non-hydrogen) atoms. The first kappa shape index (κ1) is 16.0. The van der Waals surface area contributed by atoms with E-state index in [2.05, 4.69) is 9.97 Å². The van der Waals surface area contributed by atoms with Crippen LogP contribution in [0.5, 0.6) is 0 Å². The van der Waals surface area contributed by atoms with Crippen molar-refractivity contribution < 1.29 is 0 Å². The number of fused-ring (bicyclic) bond motifs is 1. The Labute approximate surface area is 143 Å². The molecule has 0 amide bonds. The van der Waals surface area contributed by atoms with Crippen molar-refractivity contribution in [2.24, 2.45) is 0 Å². The van der Waals surface area contributed by atoms with E-state index in [1.54, 1.807) is 18.3 Å². The van der Waals surface area contributed by atoms with Gasteiger partial charge in [-0.3, -0.25) is 4.79 Å². The quantitative estimate of drug-likeness (QED) is 0.416. The monoisotopic (exact) mass is 334 g/mol. The van der Waals surface area contributed by atoms with Crippen molar-refractivity contribution in [3.8, 4) is 11.9 Å². The summed E-state index contributed by atoms with van der Waals surface area (Å²) in [6, 6.07) is 12.9. The summed E-state index contributed by atoms with van der Waals surface area (Å²) in [6.45, 7) is 1.95. The number of para-hydroxylation sites is 1. The van der Waals surface area contributed by atoms with Crippen LogP contribution < -0.4 is 5.56 Å². The molecule has 0 bridgehead atoms. The lowest BCUT2D eigenvalue weighted by Crippen LogP contribution is -2.22. The summed E-state index contributed by atoms with van der Waals surface area (Å²) in [7, 11) is 0. The van der Waals surface area contributed by atoms with Crippen LogP contribution in [0.3, 0.4) is 0 Å². The molecular formula is C18H14N4OS. The molecule has 0 radical (unpaired) electrons. The van der Waals surface area contributed by atoms with Crippen molar-refractivity contribution >= 4 is 22.7 Å². The molecule has 0 N–H and O–H groups in total. The number of benzene rings is 1. The fourth-order valence-corrected chi connectivity index (χ4v) is 3.09. The standard InChI is InChI=1S/C18H14N4OS/c1-13-8-10-20-16(12-13)22-17(23)14-6-2-3-7-15(14)21-18(22)24-11-5-4-9-19/h2-8,10,12H,11H2,1H3/b5-4+. The molecule has 3 rings (SSSR count). The molecule has 0 fully saturated rings. The first-order valence-corrected chi connectivity index (χ1v) is 8.31. The van der Waals surface area contributed by atoms with E-state index in [4.69, 9.17) is 5.26 Å². The van der Waals surface area contributed by atoms with Crippen LogP contribution in [0, 0.1) is 18.3 Å². The highest BCUT2D eigenvalue weighted by atomic mass is 32.2. The molecule has 0 atom stereocenters. The number of pyridine rings is 1. The predicted molar refractivity (Wildman–Crippen MR) is 95.3 cm³/mol. The molecule has 0 unspecified atom stereocenters. The summed E-state index contributed by atoms with van der Waals surface area (Å²) >= 11 is 1.39. The summed E-state index contributed by atoms with van der Waals surface area (Å²) in [5.41, 5.74) is 1.52. The zero-order chi connectivity index (χ0) is 16.9. The molecule has 2 heterocycles. The second-order valence-electron chi connectivity index (χ2n) is 5.09. The summed E-state index contributed by atoms with van der Waals surface area (Å²) in [6.07, 6.45) is 4.83. The van der Waals surface area contributed by atoms with E-state index in [9.17, 15) is 4.79 Å². The third kappa shape index (κ3) is 3.21. The normalized spacial score (nSPS) is 11.0. The van der Waals surface area contributed by atoms with Gasteiger partial charge < -0.3 is 0 Å². The third-order valence-corrected chi connectivity index (χ3v) is 4.27. The highest BCUT2D eigenvalue weighted by Gasteiger charge is 2.13. The van der Waals surface area contributed by atoms with E-state index in [1.165, 1.54) is 22.4 Å². The van der Waals surface area contributed by atoms with Crippen molar-refractivity contribution in [1.29, 1.82) is 5.26 Å². The molecule has 0 saturated heterocycles. The Morgan fingerprint density at radius 3 is 2.96 bits per heavy atom. The van der Waals surface area contributed by atoms with Gasteiger partial charge >= 0.3 is 0 Å². The van der Waals surface area contributed by atoms with Crippen molar-refractivity contribution in [3.63, 3.8) is 0 Å². The smallest absolute Gasteiger partial charge is 0.267 e. The highest BCUT2D eigenvalue weighted by molar-refractivity contribution is 7.99. The van der Waals surface area contributed by atoms with Gasteiger partial charge in [0.1, 0.15) is 5.82 Å². The van der Waals surface area contributed by atoms with Crippen molar-refractivity contribution in [3.05, 3.63) is 70.7 Å². The van der Waals surface area contributed by atoms with Crippen LogP contribution in [0.1, 0.15) is 5.56 Å². The summed E-state index contributed by atoms with van der Waals surface area (Å²) in [5.74, 6) is 1.09. The van der Waals surface area contributed by atoms with Crippen molar-refractivity contribution in [1.82, 2.24) is 14.5 Å². The number of nitrogens with zero attached hydrogens (tertiary/aromatic N) is 4. The maximum Gasteiger partial charge on any atom is 0.267 e. The van der Waals surface area contributed by atoms with Gasteiger partial charge in [0, 0.05) is 18.0 Å². The Balaban J connectivity index is 2.20. The Kier molecular flexibility index (Phi) is 4.73. The van der Waals surface area contributed by atoms with Gasteiger partial charge in [-0.05, 0) is 36.8 Å². The summed E-state index contributed by atoms with van der Waals surface area (Å²) in [4.78, 5) is 21.9. The number of aromatic nitrogens is 3. The zero-order valence-corrected chi connectivity index (χ0v) is 13.8. The van der Waals surface area contributed by atoms with Gasteiger partial charge in [0.05, 0.1) is 17.0 Å². The maximum atomic E-state index is 12.9. The average Bonchev–Trinajstić information content (AvgIpc) is 2.59. The van der Waals surface area contributed by atoms with Crippen LogP contribution >= 0.6 is 11.8 Å². The van der Waals surface area contributed by atoms with E-state index in [1.807, 2.05) is 43.3 Å². The number of thioether (sulfide) groups is 1. The number of hydrogen-bond donors (Lipinski definition) is 0. The van der Waals surface area contributed by atoms with E-state index in [0.29, 0.717) is 27.6 Å². The molecule has 1 aromatic carbocycles. The molecule has 0 aliphatic rings. The lowest BCUT2D eigenvalue weighted by Gasteiger charge is -2.12. The molecule has 3 aromatic rings. The van der Waals surface area contributed by atoms with Crippen LogP contribution in [0.25, 0.3) is 16.7 Å². The Morgan fingerprint density at radius 2 is 2.17 bits per heavy atom. The minimum Gasteiger partial charge on any atom is -0.268 e. The minimum atomic E-state index is -0.148. The molecule has 5 nitrogen and oxygen atoms in total. The van der Waals surface area contributed by atoms with Gasteiger partial charge in [-0.25, -0.2) is 14.5 Å². The third-order valence-electron chi connectivity index (χ3n) is 3.38. The number of hydrogen-bond acceptors (Lipinski definition) is 5. The lowest BCUT2D eigenvalue weighted by atomic mass is 10.2. The number of nitriles is 1. The fraction of sp³-hybridized carbons (Fsp3) is 0.111. The summed E-state index contributed by atoms with van der Waals surface area (Å²) in [5, 5.41) is 9.69. The molecule has 0 aliphatic carbocycles. The first-order valence-electron chi connectivity index (χ1n) is 7.33. The zero-order valence-electron chi connectivity index (χ0n) is 13.0. The predicted octanol–water partition coefficient (Wildman–Crippen LogP) is 3.26. The van der Waals surface area contributed by atoms with Crippen LogP contribution in [-0.4, -0.2) is 20.3 Å². The maximum absolute atomic E-state index is 12.9. The van der Waals surface area contributed by atoms with Gasteiger partial charge in [0.2, 0.25) is 0 Å². The number of aryl methyl sites for hydroxylation is 1. The minimum absolute atomic E-state index is 0.148.